The van der Waals surface area contributed by atoms with Crippen molar-refractivity contribution in [1.82, 2.24) is 0 Å². The Morgan fingerprint density at radius 2 is 1.60 bits per heavy atom. The van der Waals surface area contributed by atoms with Crippen LogP contribution in [0.5, 0.6) is 11.5 Å². The topological polar surface area (TPSA) is 46.6 Å². The first kappa shape index (κ1) is 17.2. The Kier molecular flexibility index (Phi) is 4.91. The summed E-state index contributed by atoms with van der Waals surface area (Å²) in [4.78, 5) is 25.0. The molecule has 3 rings (SSSR count). The minimum absolute atomic E-state index is 0.0868. The van der Waals surface area contributed by atoms with Crippen molar-refractivity contribution in [2.45, 2.75) is 13.8 Å². The van der Waals surface area contributed by atoms with Gasteiger partial charge >= 0.3 is 0 Å². The van der Waals surface area contributed by atoms with Gasteiger partial charge in [-0.15, -0.1) is 0 Å². The summed E-state index contributed by atoms with van der Waals surface area (Å²) in [6, 6.07) is 11.0. The third kappa shape index (κ3) is 3.05. The smallest absolute Gasteiger partial charge is 0.153 e. The average Bonchev–Trinajstić information content (AvgIpc) is 2.62. The van der Waals surface area contributed by atoms with Gasteiger partial charge in [-0.2, -0.15) is 0 Å². The molecule has 0 amide bonds. The molecule has 0 unspecified atom stereocenters. The number of carbonyl (C=O) groups is 2. The van der Waals surface area contributed by atoms with E-state index in [2.05, 4.69) is 18.7 Å². The molecule has 0 atom stereocenters. The highest BCUT2D eigenvalue weighted by molar-refractivity contribution is 6.30. The molecule has 0 N–H and O–H groups in total. The molecule has 1 aliphatic heterocycles. The number of hydrogen-bond acceptors (Lipinski definition) is 4. The molecule has 0 bridgehead atoms. The van der Waals surface area contributed by atoms with Crippen molar-refractivity contribution < 1.29 is 14.3 Å². The van der Waals surface area contributed by atoms with Gasteiger partial charge in [0.15, 0.2) is 12.6 Å². The lowest BCUT2D eigenvalue weighted by atomic mass is 9.90. The summed E-state index contributed by atoms with van der Waals surface area (Å²) in [6.07, 6.45) is 1.16. The van der Waals surface area contributed by atoms with Crippen LogP contribution in [-0.2, 0) is 9.59 Å². The molecule has 0 fully saturated rings. The number of carbonyl (C=O) groups excluding carboxylic acids is 2. The third-order valence-electron chi connectivity index (χ3n) is 4.34. The number of halogens is 1. The van der Waals surface area contributed by atoms with Crippen molar-refractivity contribution in [3.63, 3.8) is 0 Å². The van der Waals surface area contributed by atoms with Crippen molar-refractivity contribution in [3.8, 4) is 11.5 Å². The van der Waals surface area contributed by atoms with Crippen molar-refractivity contribution in [1.29, 1.82) is 0 Å². The Labute approximate surface area is 151 Å². The molecule has 1 heterocycles. The van der Waals surface area contributed by atoms with E-state index in [1.165, 1.54) is 0 Å². The first-order valence-electron chi connectivity index (χ1n) is 8.14. The van der Waals surface area contributed by atoms with Gasteiger partial charge in [-0.25, -0.2) is 0 Å². The largest absolute Gasteiger partial charge is 0.456 e. The second-order valence-electron chi connectivity index (χ2n) is 5.66. The lowest BCUT2D eigenvalue weighted by molar-refractivity contribution is -0.109. The van der Waals surface area contributed by atoms with Gasteiger partial charge in [0.05, 0.1) is 5.57 Å². The lowest BCUT2D eigenvalue weighted by Gasteiger charge is -2.27. The number of rotatable bonds is 5. The van der Waals surface area contributed by atoms with Crippen LogP contribution < -0.4 is 9.64 Å². The zero-order chi connectivity index (χ0) is 18.0. The van der Waals surface area contributed by atoms with Gasteiger partial charge in [-0.1, -0.05) is 11.6 Å². The number of nitrogens with zero attached hydrogens (tertiary/aromatic N) is 1. The summed E-state index contributed by atoms with van der Waals surface area (Å²) in [6.45, 7) is 5.91. The molecule has 128 valence electrons. The highest BCUT2D eigenvalue weighted by Crippen LogP contribution is 2.46. The predicted molar refractivity (Wildman–Crippen MR) is 99.7 cm³/mol. The van der Waals surface area contributed by atoms with Gasteiger partial charge < -0.3 is 9.64 Å². The maximum Gasteiger partial charge on any atom is 0.153 e. The summed E-state index contributed by atoms with van der Waals surface area (Å²) in [5.74, 6) is 1.14. The highest BCUT2D eigenvalue weighted by atomic mass is 35.5. The quantitative estimate of drug-likeness (QED) is 0.293. The summed E-state index contributed by atoms with van der Waals surface area (Å²) >= 11 is 6.08. The number of anilines is 1. The third-order valence-corrected chi connectivity index (χ3v) is 4.57. The fraction of sp³-hybridized carbons (Fsp3) is 0.200. The van der Waals surface area contributed by atoms with E-state index in [4.69, 9.17) is 16.3 Å². The second kappa shape index (κ2) is 7.11. The molecule has 0 radical (unpaired) electrons. The van der Waals surface area contributed by atoms with E-state index in [1.807, 2.05) is 18.2 Å². The number of benzene rings is 2. The van der Waals surface area contributed by atoms with E-state index in [1.54, 1.807) is 18.2 Å². The van der Waals surface area contributed by atoms with Crippen LogP contribution in [0.25, 0.3) is 5.57 Å². The number of aldehydes is 2. The van der Waals surface area contributed by atoms with Crippen LogP contribution in [0, 0.1) is 0 Å². The van der Waals surface area contributed by atoms with Crippen LogP contribution in [0.2, 0.25) is 5.02 Å². The van der Waals surface area contributed by atoms with Crippen LogP contribution in [0.4, 0.5) is 5.69 Å². The summed E-state index contributed by atoms with van der Waals surface area (Å²) < 4.78 is 6.03. The maximum absolute atomic E-state index is 11.4. The van der Waals surface area contributed by atoms with Crippen LogP contribution in [-0.4, -0.2) is 25.7 Å². The number of hydrogen-bond donors (Lipinski definition) is 0. The predicted octanol–water partition coefficient (Wildman–Crippen LogP) is 4.49. The SMILES string of the molecule is CCN(CC)c1ccc2c(c1)Oc1cc(Cl)ccc1C2=C(C=O)C=O. The first-order valence-corrected chi connectivity index (χ1v) is 8.52. The van der Waals surface area contributed by atoms with E-state index in [0.717, 1.165) is 24.3 Å². The van der Waals surface area contributed by atoms with Crippen LogP contribution >= 0.6 is 11.6 Å². The van der Waals surface area contributed by atoms with Crippen molar-refractivity contribution in [2.24, 2.45) is 0 Å². The fourth-order valence-corrected chi connectivity index (χ4v) is 3.26. The molecular formula is C20H18ClNO3. The van der Waals surface area contributed by atoms with Gasteiger partial charge in [0.2, 0.25) is 0 Å². The Morgan fingerprint density at radius 3 is 2.20 bits per heavy atom. The molecule has 0 saturated carbocycles. The molecule has 0 aromatic heterocycles. The minimum Gasteiger partial charge on any atom is -0.456 e. The Balaban J connectivity index is 2.24. The van der Waals surface area contributed by atoms with Crippen LogP contribution in [0.3, 0.4) is 0 Å². The summed E-state index contributed by atoms with van der Waals surface area (Å²) in [5.41, 5.74) is 3.08. The fourth-order valence-electron chi connectivity index (χ4n) is 3.09. The molecule has 25 heavy (non-hydrogen) atoms. The molecule has 1 aliphatic rings. The van der Waals surface area contributed by atoms with Gasteiger partial charge in [-0.05, 0) is 38.1 Å². The Bertz CT molecular complexity index is 859. The Morgan fingerprint density at radius 1 is 1.00 bits per heavy atom. The van der Waals surface area contributed by atoms with Gasteiger partial charge in [0.1, 0.15) is 11.5 Å². The molecule has 4 nitrogen and oxygen atoms in total. The maximum atomic E-state index is 11.4. The zero-order valence-electron chi connectivity index (χ0n) is 14.1. The summed E-state index contributed by atoms with van der Waals surface area (Å²) in [7, 11) is 0. The van der Waals surface area contributed by atoms with Gasteiger partial charge in [0, 0.05) is 52.6 Å². The number of ether oxygens (including phenoxy) is 1. The average molecular weight is 356 g/mol. The van der Waals surface area contributed by atoms with Crippen molar-refractivity contribution in [2.75, 3.05) is 18.0 Å². The van der Waals surface area contributed by atoms with Crippen LogP contribution in [0.15, 0.2) is 42.0 Å². The minimum atomic E-state index is 0.0868. The molecule has 0 aliphatic carbocycles. The van der Waals surface area contributed by atoms with E-state index >= 15 is 0 Å². The van der Waals surface area contributed by atoms with E-state index < -0.39 is 0 Å². The zero-order valence-corrected chi connectivity index (χ0v) is 14.8. The molecule has 0 spiro atoms. The summed E-state index contributed by atoms with van der Waals surface area (Å²) in [5, 5.41) is 0.528. The molecule has 2 aromatic carbocycles. The number of allylic oxidation sites excluding steroid dienone is 1. The van der Waals surface area contributed by atoms with E-state index in [0.29, 0.717) is 40.2 Å². The standard InChI is InChI=1S/C20H18ClNO3/c1-3-22(4-2)15-6-8-17-19(10-15)25-18-9-14(21)5-7-16(18)20(17)13(11-23)12-24/h5-12H,3-4H2,1-2H3. The normalized spacial score (nSPS) is 11.9. The van der Waals surface area contributed by atoms with E-state index in [-0.39, 0.29) is 5.57 Å². The van der Waals surface area contributed by atoms with Gasteiger partial charge in [-0.3, -0.25) is 9.59 Å². The monoisotopic (exact) mass is 355 g/mol. The molecule has 0 saturated heterocycles. The van der Waals surface area contributed by atoms with Crippen molar-refractivity contribution >= 4 is 35.4 Å². The first-order chi connectivity index (χ1) is 12.1. The molecular weight excluding hydrogens is 338 g/mol. The lowest BCUT2D eigenvalue weighted by Crippen LogP contribution is -2.22. The molecule has 2 aromatic rings. The molecule has 5 heteroatoms. The Hall–Kier alpha value is -2.59. The number of fused-ring (bicyclic) bond motifs is 2. The van der Waals surface area contributed by atoms with Gasteiger partial charge in [0.25, 0.3) is 0 Å². The van der Waals surface area contributed by atoms with E-state index in [9.17, 15) is 9.59 Å². The second-order valence-corrected chi connectivity index (χ2v) is 6.10. The van der Waals surface area contributed by atoms with Crippen molar-refractivity contribution in [3.05, 3.63) is 58.1 Å². The highest BCUT2D eigenvalue weighted by Gasteiger charge is 2.25. The van der Waals surface area contributed by atoms with Crippen LogP contribution in [0.1, 0.15) is 25.0 Å².